The number of nitrogen functional groups attached to an aromatic ring is 1. The van der Waals surface area contributed by atoms with Crippen molar-refractivity contribution in [3.63, 3.8) is 0 Å². The number of hydrogen-bond donors (Lipinski definition) is 1. The monoisotopic (exact) mass is 313 g/mol. The highest BCUT2D eigenvalue weighted by Crippen LogP contribution is 2.28. The topological polar surface area (TPSA) is 75.9 Å². The molecule has 118 valence electrons. The van der Waals surface area contributed by atoms with E-state index >= 15 is 0 Å². The fraction of sp³-hybridized carbons (Fsp3) is 0.571. The number of rotatable bonds is 4. The van der Waals surface area contributed by atoms with Crippen LogP contribution in [0.5, 0.6) is 5.75 Å². The molecule has 0 spiro atoms. The predicted octanol–water partition coefficient (Wildman–Crippen LogP) is 0.992. The molecule has 0 atom stereocenters. The quantitative estimate of drug-likeness (QED) is 0.839. The molecular weight excluding hydrogens is 290 g/mol. The van der Waals surface area contributed by atoms with E-state index in [2.05, 4.69) is 11.9 Å². The van der Waals surface area contributed by atoms with Gasteiger partial charge in [-0.2, -0.15) is 4.31 Å². The van der Waals surface area contributed by atoms with E-state index in [4.69, 9.17) is 10.5 Å². The molecule has 0 radical (unpaired) electrons. The van der Waals surface area contributed by atoms with Gasteiger partial charge in [-0.3, -0.25) is 0 Å². The van der Waals surface area contributed by atoms with Crippen LogP contribution >= 0.6 is 0 Å². The van der Waals surface area contributed by atoms with Crippen LogP contribution in [0.2, 0.25) is 0 Å². The Kier molecular flexibility index (Phi) is 4.75. The normalized spacial score (nSPS) is 18.1. The van der Waals surface area contributed by atoms with E-state index < -0.39 is 10.0 Å². The molecule has 1 aliphatic rings. The zero-order valence-corrected chi connectivity index (χ0v) is 13.6. The smallest absolute Gasteiger partial charge is 0.243 e. The van der Waals surface area contributed by atoms with Crippen LogP contribution in [0, 0.1) is 0 Å². The third kappa shape index (κ3) is 3.30. The molecule has 0 aliphatic carbocycles. The summed E-state index contributed by atoms with van der Waals surface area (Å²) in [6, 6.07) is 4.62. The number of hydrogen-bond acceptors (Lipinski definition) is 5. The van der Waals surface area contributed by atoms with Gasteiger partial charge in [0.1, 0.15) is 5.75 Å². The summed E-state index contributed by atoms with van der Waals surface area (Å²) in [4.78, 5) is 2.42. The van der Waals surface area contributed by atoms with Gasteiger partial charge in [0.25, 0.3) is 0 Å². The van der Waals surface area contributed by atoms with Gasteiger partial charge in [0.05, 0.1) is 17.7 Å². The Hall–Kier alpha value is -1.31. The fourth-order valence-corrected chi connectivity index (χ4v) is 4.05. The Labute approximate surface area is 126 Å². The second-order valence-electron chi connectivity index (χ2n) is 5.46. The molecule has 7 heteroatoms. The first-order chi connectivity index (χ1) is 9.86. The summed E-state index contributed by atoms with van der Waals surface area (Å²) < 4.78 is 31.9. The molecule has 21 heavy (non-hydrogen) atoms. The lowest BCUT2D eigenvalue weighted by Crippen LogP contribution is -2.44. The van der Waals surface area contributed by atoms with Crippen LogP contribution in [0.1, 0.15) is 12.8 Å². The standard InChI is InChI=1S/C14H23N3O3S/c1-16-8-6-11(7-9-16)17(2)21(18,19)12-4-5-14(20-3)13(15)10-12/h4-5,10-11H,6-9,15H2,1-3H3. The number of sulfonamides is 1. The first-order valence-electron chi connectivity index (χ1n) is 6.96. The minimum absolute atomic E-state index is 0.0366. The van der Waals surface area contributed by atoms with Gasteiger partial charge < -0.3 is 15.4 Å². The van der Waals surface area contributed by atoms with Crippen LogP contribution in [0.25, 0.3) is 0 Å². The molecule has 1 saturated heterocycles. The summed E-state index contributed by atoms with van der Waals surface area (Å²) in [6.07, 6.45) is 1.69. The molecule has 1 aromatic rings. The summed E-state index contributed by atoms with van der Waals surface area (Å²) in [5.74, 6) is 0.482. The molecule has 1 heterocycles. The zero-order valence-electron chi connectivity index (χ0n) is 12.7. The van der Waals surface area contributed by atoms with E-state index in [1.54, 1.807) is 13.1 Å². The van der Waals surface area contributed by atoms with E-state index in [0.29, 0.717) is 11.4 Å². The van der Waals surface area contributed by atoms with Crippen molar-refractivity contribution in [2.45, 2.75) is 23.8 Å². The molecule has 1 aliphatic heterocycles. The number of piperidine rings is 1. The first-order valence-corrected chi connectivity index (χ1v) is 8.40. The molecule has 6 nitrogen and oxygen atoms in total. The Balaban J connectivity index is 2.22. The maximum Gasteiger partial charge on any atom is 0.243 e. The summed E-state index contributed by atoms with van der Waals surface area (Å²) in [5, 5.41) is 0. The van der Waals surface area contributed by atoms with Crippen molar-refractivity contribution < 1.29 is 13.2 Å². The van der Waals surface area contributed by atoms with Crippen LogP contribution < -0.4 is 10.5 Å². The molecular formula is C14H23N3O3S. The second-order valence-corrected chi connectivity index (χ2v) is 7.46. The maximum absolute atomic E-state index is 12.7. The number of ether oxygens (including phenoxy) is 1. The fourth-order valence-electron chi connectivity index (χ4n) is 2.59. The van der Waals surface area contributed by atoms with Gasteiger partial charge in [0, 0.05) is 13.1 Å². The van der Waals surface area contributed by atoms with E-state index in [1.165, 1.54) is 23.5 Å². The van der Waals surface area contributed by atoms with Crippen molar-refractivity contribution in [3.05, 3.63) is 18.2 Å². The summed E-state index contributed by atoms with van der Waals surface area (Å²) in [7, 11) is 1.68. The van der Waals surface area contributed by atoms with Crippen LogP contribution in [-0.4, -0.2) is 58.0 Å². The van der Waals surface area contributed by atoms with Gasteiger partial charge in [0.15, 0.2) is 0 Å². The summed E-state index contributed by atoms with van der Waals surface area (Å²) >= 11 is 0. The van der Waals surface area contributed by atoms with Crippen LogP contribution in [-0.2, 0) is 10.0 Å². The van der Waals surface area contributed by atoms with Gasteiger partial charge in [0.2, 0.25) is 10.0 Å². The lowest BCUT2D eigenvalue weighted by atomic mass is 10.1. The molecule has 2 rings (SSSR count). The van der Waals surface area contributed by atoms with Crippen molar-refractivity contribution in [2.24, 2.45) is 0 Å². The average Bonchev–Trinajstić information content (AvgIpc) is 2.47. The number of nitrogens with two attached hydrogens (primary N) is 1. The number of methoxy groups -OCH3 is 1. The Bertz CT molecular complexity index is 595. The minimum Gasteiger partial charge on any atom is -0.495 e. The minimum atomic E-state index is -3.52. The average molecular weight is 313 g/mol. The van der Waals surface area contributed by atoms with E-state index in [-0.39, 0.29) is 10.9 Å². The molecule has 0 unspecified atom stereocenters. The largest absolute Gasteiger partial charge is 0.495 e. The van der Waals surface area contributed by atoms with E-state index in [1.807, 2.05) is 0 Å². The third-order valence-electron chi connectivity index (χ3n) is 4.08. The number of nitrogens with zero attached hydrogens (tertiary/aromatic N) is 2. The lowest BCUT2D eigenvalue weighted by Gasteiger charge is -2.34. The first kappa shape index (κ1) is 16.1. The predicted molar refractivity (Wildman–Crippen MR) is 82.9 cm³/mol. The van der Waals surface area contributed by atoms with Crippen molar-refractivity contribution in [1.82, 2.24) is 9.21 Å². The molecule has 0 bridgehead atoms. The third-order valence-corrected chi connectivity index (χ3v) is 5.99. The van der Waals surface area contributed by atoms with Gasteiger partial charge in [-0.25, -0.2) is 8.42 Å². The Morgan fingerprint density at radius 3 is 2.48 bits per heavy atom. The van der Waals surface area contributed by atoms with Crippen LogP contribution in [0.4, 0.5) is 5.69 Å². The SMILES string of the molecule is COc1ccc(S(=O)(=O)N(C)C2CCN(C)CC2)cc1N. The highest BCUT2D eigenvalue weighted by molar-refractivity contribution is 7.89. The van der Waals surface area contributed by atoms with Gasteiger partial charge in [-0.1, -0.05) is 0 Å². The van der Waals surface area contributed by atoms with E-state index in [9.17, 15) is 8.42 Å². The van der Waals surface area contributed by atoms with Crippen molar-refractivity contribution >= 4 is 15.7 Å². The highest BCUT2D eigenvalue weighted by atomic mass is 32.2. The van der Waals surface area contributed by atoms with Gasteiger partial charge in [-0.15, -0.1) is 0 Å². The maximum atomic E-state index is 12.7. The van der Waals surface area contributed by atoms with Crippen molar-refractivity contribution in [1.29, 1.82) is 0 Å². The van der Waals surface area contributed by atoms with Crippen molar-refractivity contribution in [2.75, 3.05) is 40.0 Å². The van der Waals surface area contributed by atoms with E-state index in [0.717, 1.165) is 25.9 Å². The molecule has 1 aromatic carbocycles. The van der Waals surface area contributed by atoms with Gasteiger partial charge >= 0.3 is 0 Å². The summed E-state index contributed by atoms with van der Waals surface area (Å²) in [5.41, 5.74) is 6.14. The van der Waals surface area contributed by atoms with Crippen molar-refractivity contribution in [3.8, 4) is 5.75 Å². The molecule has 0 amide bonds. The number of benzene rings is 1. The summed E-state index contributed by atoms with van der Waals surface area (Å²) in [6.45, 7) is 1.82. The lowest BCUT2D eigenvalue weighted by molar-refractivity contribution is 0.197. The van der Waals surface area contributed by atoms with Gasteiger partial charge in [-0.05, 0) is 51.2 Å². The Morgan fingerprint density at radius 2 is 1.95 bits per heavy atom. The van der Waals surface area contributed by atoms with Crippen LogP contribution in [0.15, 0.2) is 23.1 Å². The molecule has 1 fully saturated rings. The molecule has 0 saturated carbocycles. The number of anilines is 1. The highest BCUT2D eigenvalue weighted by Gasteiger charge is 2.30. The zero-order chi connectivity index (χ0) is 15.6. The number of likely N-dealkylation sites (tertiary alicyclic amines) is 1. The molecule has 0 aromatic heterocycles. The Morgan fingerprint density at radius 1 is 1.33 bits per heavy atom. The second kappa shape index (κ2) is 6.21. The van der Waals surface area contributed by atoms with Crippen LogP contribution in [0.3, 0.4) is 0 Å². The molecule has 2 N–H and O–H groups in total.